The van der Waals surface area contributed by atoms with Gasteiger partial charge in [-0.2, -0.15) is 0 Å². The van der Waals surface area contributed by atoms with Crippen LogP contribution in [0.4, 0.5) is 0 Å². The Kier molecular flexibility index (Phi) is 2.90. The molecular weight excluding hydrogens is 204 g/mol. The Morgan fingerprint density at radius 2 is 1.88 bits per heavy atom. The largest absolute Gasteiger partial charge is 0.478 e. The van der Waals surface area contributed by atoms with Crippen LogP contribution in [0.5, 0.6) is 0 Å². The van der Waals surface area contributed by atoms with Gasteiger partial charge in [0.1, 0.15) is 0 Å². The summed E-state index contributed by atoms with van der Waals surface area (Å²) in [7, 11) is 0. The van der Waals surface area contributed by atoms with E-state index in [4.69, 9.17) is 5.11 Å². The van der Waals surface area contributed by atoms with Crippen molar-refractivity contribution in [2.45, 2.75) is 33.1 Å². The zero-order valence-corrected chi connectivity index (χ0v) is 9.86. The lowest BCUT2D eigenvalue weighted by molar-refractivity contribution is 0.0696. The summed E-state index contributed by atoms with van der Waals surface area (Å²) >= 11 is 0. The SMILES string of the molecule is Cc1cc(C(=O)O)c(C)n1N1CCCCC1. The van der Waals surface area contributed by atoms with E-state index in [1.807, 2.05) is 13.8 Å². The smallest absolute Gasteiger partial charge is 0.337 e. The van der Waals surface area contributed by atoms with Gasteiger partial charge in [-0.3, -0.25) is 4.68 Å². The zero-order valence-electron chi connectivity index (χ0n) is 9.86. The lowest BCUT2D eigenvalue weighted by Gasteiger charge is -2.32. The van der Waals surface area contributed by atoms with E-state index >= 15 is 0 Å². The van der Waals surface area contributed by atoms with E-state index in [-0.39, 0.29) is 0 Å². The van der Waals surface area contributed by atoms with Crippen LogP contribution in [0.1, 0.15) is 41.0 Å². The number of carboxylic acids is 1. The van der Waals surface area contributed by atoms with Crippen LogP contribution in [0, 0.1) is 13.8 Å². The van der Waals surface area contributed by atoms with Crippen molar-refractivity contribution in [1.29, 1.82) is 0 Å². The Bertz CT molecular complexity index is 403. The molecule has 0 saturated carbocycles. The summed E-state index contributed by atoms with van der Waals surface area (Å²) in [4.78, 5) is 11.0. The maximum absolute atomic E-state index is 11.0. The van der Waals surface area contributed by atoms with Crippen LogP contribution in [-0.4, -0.2) is 28.8 Å². The highest BCUT2D eigenvalue weighted by molar-refractivity contribution is 5.89. The number of nitrogens with zero attached hydrogens (tertiary/aromatic N) is 2. The van der Waals surface area contributed by atoms with Crippen molar-refractivity contribution in [3.8, 4) is 0 Å². The molecule has 0 unspecified atom stereocenters. The molecule has 1 aromatic rings. The van der Waals surface area contributed by atoms with Crippen LogP contribution in [0.3, 0.4) is 0 Å². The quantitative estimate of drug-likeness (QED) is 0.831. The van der Waals surface area contributed by atoms with Crippen molar-refractivity contribution in [1.82, 2.24) is 4.68 Å². The number of aromatic carboxylic acids is 1. The van der Waals surface area contributed by atoms with E-state index < -0.39 is 5.97 Å². The minimum Gasteiger partial charge on any atom is -0.478 e. The first-order valence-corrected chi connectivity index (χ1v) is 5.78. The Hall–Kier alpha value is -1.45. The number of carbonyl (C=O) groups is 1. The topological polar surface area (TPSA) is 45.5 Å². The molecule has 1 aromatic heterocycles. The summed E-state index contributed by atoms with van der Waals surface area (Å²) < 4.78 is 2.06. The molecule has 0 aromatic carbocycles. The van der Waals surface area contributed by atoms with Gasteiger partial charge in [0, 0.05) is 18.8 Å². The average molecular weight is 222 g/mol. The van der Waals surface area contributed by atoms with E-state index in [0.717, 1.165) is 24.5 Å². The molecule has 2 heterocycles. The number of rotatable bonds is 2. The van der Waals surface area contributed by atoms with Gasteiger partial charge in [0.15, 0.2) is 0 Å². The normalized spacial score (nSPS) is 16.5. The van der Waals surface area contributed by atoms with E-state index in [1.54, 1.807) is 6.07 Å². The molecule has 4 heteroatoms. The highest BCUT2D eigenvalue weighted by Crippen LogP contribution is 2.18. The van der Waals surface area contributed by atoms with Crippen molar-refractivity contribution in [2.75, 3.05) is 18.1 Å². The Labute approximate surface area is 95.4 Å². The average Bonchev–Trinajstić information content (AvgIpc) is 2.56. The van der Waals surface area contributed by atoms with Crippen LogP contribution in [0.2, 0.25) is 0 Å². The van der Waals surface area contributed by atoms with Crippen LogP contribution < -0.4 is 5.01 Å². The van der Waals surface area contributed by atoms with Crippen LogP contribution in [-0.2, 0) is 0 Å². The molecule has 1 aliphatic heterocycles. The van der Waals surface area contributed by atoms with Gasteiger partial charge < -0.3 is 10.1 Å². The minimum absolute atomic E-state index is 0.420. The second-order valence-electron chi connectivity index (χ2n) is 4.42. The Morgan fingerprint density at radius 1 is 1.25 bits per heavy atom. The second-order valence-corrected chi connectivity index (χ2v) is 4.42. The fourth-order valence-corrected chi connectivity index (χ4v) is 2.48. The first-order chi connectivity index (χ1) is 7.61. The molecule has 88 valence electrons. The summed E-state index contributed by atoms with van der Waals surface area (Å²) in [6.07, 6.45) is 3.67. The standard InChI is InChI=1S/C12H18N2O2/c1-9-8-11(12(15)16)10(2)14(9)13-6-4-3-5-7-13/h8H,3-7H2,1-2H3,(H,15,16). The molecule has 0 bridgehead atoms. The molecule has 0 aliphatic carbocycles. The predicted octanol–water partition coefficient (Wildman–Crippen LogP) is 1.93. The minimum atomic E-state index is -0.837. The molecule has 0 radical (unpaired) electrons. The van der Waals surface area contributed by atoms with Gasteiger partial charge in [0.25, 0.3) is 0 Å². The third-order valence-corrected chi connectivity index (χ3v) is 3.24. The first-order valence-electron chi connectivity index (χ1n) is 5.78. The third-order valence-electron chi connectivity index (χ3n) is 3.24. The number of hydrogen-bond donors (Lipinski definition) is 1. The Morgan fingerprint density at radius 3 is 2.38 bits per heavy atom. The summed E-state index contributed by atoms with van der Waals surface area (Å²) in [6.45, 7) is 5.89. The molecule has 1 N–H and O–H groups in total. The van der Waals surface area contributed by atoms with E-state index in [9.17, 15) is 4.79 Å². The van der Waals surface area contributed by atoms with Crippen molar-refractivity contribution in [3.63, 3.8) is 0 Å². The van der Waals surface area contributed by atoms with Gasteiger partial charge in [0.2, 0.25) is 0 Å². The second kappa shape index (κ2) is 4.20. The highest BCUT2D eigenvalue weighted by Gasteiger charge is 2.19. The van der Waals surface area contributed by atoms with Crippen LogP contribution in [0.25, 0.3) is 0 Å². The van der Waals surface area contributed by atoms with Gasteiger partial charge in [-0.25, -0.2) is 4.79 Å². The van der Waals surface area contributed by atoms with Gasteiger partial charge in [0.05, 0.1) is 11.3 Å². The predicted molar refractivity (Wildman–Crippen MR) is 62.7 cm³/mol. The maximum atomic E-state index is 11.0. The number of carboxylic acid groups (broad SMARTS) is 1. The van der Waals surface area contributed by atoms with Gasteiger partial charge in [-0.05, 0) is 39.2 Å². The summed E-state index contributed by atoms with van der Waals surface area (Å²) in [5, 5.41) is 11.3. The monoisotopic (exact) mass is 222 g/mol. The zero-order chi connectivity index (χ0) is 11.7. The third kappa shape index (κ3) is 1.79. The lowest BCUT2D eigenvalue weighted by atomic mass is 10.2. The first kappa shape index (κ1) is 11.0. The van der Waals surface area contributed by atoms with E-state index in [2.05, 4.69) is 9.69 Å². The molecule has 0 spiro atoms. The number of piperidine rings is 1. The van der Waals surface area contributed by atoms with Crippen molar-refractivity contribution >= 4 is 5.97 Å². The fraction of sp³-hybridized carbons (Fsp3) is 0.583. The number of hydrogen-bond acceptors (Lipinski definition) is 2. The number of aromatic nitrogens is 1. The van der Waals surface area contributed by atoms with Gasteiger partial charge in [-0.15, -0.1) is 0 Å². The molecule has 4 nitrogen and oxygen atoms in total. The summed E-state index contributed by atoms with van der Waals surface area (Å²) in [6, 6.07) is 1.76. The molecule has 2 rings (SSSR count). The van der Waals surface area contributed by atoms with Crippen molar-refractivity contribution < 1.29 is 9.90 Å². The molecule has 1 saturated heterocycles. The molecular formula is C12H18N2O2. The molecule has 16 heavy (non-hydrogen) atoms. The van der Waals surface area contributed by atoms with Gasteiger partial charge in [-0.1, -0.05) is 0 Å². The maximum Gasteiger partial charge on any atom is 0.337 e. The van der Waals surface area contributed by atoms with E-state index in [0.29, 0.717) is 5.56 Å². The Balaban J connectivity index is 2.36. The lowest BCUT2D eigenvalue weighted by Crippen LogP contribution is -2.40. The van der Waals surface area contributed by atoms with Crippen LogP contribution in [0.15, 0.2) is 6.07 Å². The van der Waals surface area contributed by atoms with E-state index in [1.165, 1.54) is 19.3 Å². The summed E-state index contributed by atoms with van der Waals surface area (Å²) in [5.74, 6) is -0.837. The van der Waals surface area contributed by atoms with Crippen LogP contribution >= 0.6 is 0 Å². The molecule has 0 amide bonds. The highest BCUT2D eigenvalue weighted by atomic mass is 16.4. The molecule has 1 fully saturated rings. The van der Waals surface area contributed by atoms with Gasteiger partial charge >= 0.3 is 5.97 Å². The van der Waals surface area contributed by atoms with Crippen molar-refractivity contribution in [2.24, 2.45) is 0 Å². The summed E-state index contributed by atoms with van der Waals surface area (Å²) in [5.41, 5.74) is 2.27. The number of aryl methyl sites for hydroxylation is 1. The fourth-order valence-electron chi connectivity index (χ4n) is 2.48. The van der Waals surface area contributed by atoms with Crippen molar-refractivity contribution in [3.05, 3.63) is 23.0 Å². The molecule has 1 aliphatic rings. The molecule has 0 atom stereocenters.